The Morgan fingerprint density at radius 2 is 1.77 bits per heavy atom. The number of amides is 2. The summed E-state index contributed by atoms with van der Waals surface area (Å²) in [6.45, 7) is 5.51. The topological polar surface area (TPSA) is 114 Å². The first kappa shape index (κ1) is 27.6. The number of ether oxygens (including phenoxy) is 1. The molecule has 9 nitrogen and oxygen atoms in total. The van der Waals surface area contributed by atoms with Crippen LogP contribution >= 0.6 is 0 Å². The molecule has 2 amide bonds. The first-order valence-corrected chi connectivity index (χ1v) is 13.8. The summed E-state index contributed by atoms with van der Waals surface area (Å²) < 4.78 is 7.22. The van der Waals surface area contributed by atoms with Gasteiger partial charge in [-0.25, -0.2) is 9.78 Å². The predicted octanol–water partition coefficient (Wildman–Crippen LogP) is 4.41. The van der Waals surface area contributed by atoms with Gasteiger partial charge in [0, 0.05) is 30.4 Å². The highest BCUT2D eigenvalue weighted by atomic mass is 16.6. The molecule has 1 aromatic heterocycles. The van der Waals surface area contributed by atoms with Gasteiger partial charge in [-0.2, -0.15) is 0 Å². The van der Waals surface area contributed by atoms with Gasteiger partial charge in [-0.05, 0) is 69.7 Å². The highest BCUT2D eigenvalue weighted by molar-refractivity contribution is 5.94. The van der Waals surface area contributed by atoms with E-state index in [1.54, 1.807) is 4.90 Å². The fourth-order valence-corrected chi connectivity index (χ4v) is 5.73. The largest absolute Gasteiger partial charge is 0.444 e. The summed E-state index contributed by atoms with van der Waals surface area (Å²) in [7, 11) is 0. The van der Waals surface area contributed by atoms with Gasteiger partial charge in [-0.15, -0.1) is 0 Å². The van der Waals surface area contributed by atoms with E-state index in [4.69, 9.17) is 4.74 Å². The van der Waals surface area contributed by atoms with Crippen molar-refractivity contribution < 1.29 is 19.4 Å². The lowest BCUT2D eigenvalue weighted by molar-refractivity contribution is -0.119. The number of nitrogens with zero attached hydrogens (tertiary/aromatic N) is 3. The summed E-state index contributed by atoms with van der Waals surface area (Å²) in [6, 6.07) is 17.2. The van der Waals surface area contributed by atoms with Gasteiger partial charge in [0.2, 0.25) is 5.91 Å². The minimum absolute atomic E-state index is 0.145. The summed E-state index contributed by atoms with van der Waals surface area (Å²) in [5, 5.41) is 14.1. The zero-order valence-electron chi connectivity index (χ0n) is 23.1. The third kappa shape index (κ3) is 5.94. The number of rotatable bonds is 6. The van der Waals surface area contributed by atoms with E-state index in [9.17, 15) is 19.5 Å². The number of fused-ring (bicyclic) bond motifs is 1. The summed E-state index contributed by atoms with van der Waals surface area (Å²) in [5.41, 5.74) is 1.52. The molecule has 3 aromatic rings. The van der Waals surface area contributed by atoms with Crippen molar-refractivity contribution in [3.8, 4) is 0 Å². The van der Waals surface area contributed by atoms with E-state index in [0.717, 1.165) is 17.5 Å². The van der Waals surface area contributed by atoms with Crippen LogP contribution in [0.5, 0.6) is 0 Å². The Labute approximate surface area is 233 Å². The molecule has 0 saturated carbocycles. The van der Waals surface area contributed by atoms with Crippen molar-refractivity contribution in [2.75, 3.05) is 5.32 Å². The van der Waals surface area contributed by atoms with Crippen LogP contribution in [-0.2, 0) is 22.4 Å². The third-order valence-corrected chi connectivity index (χ3v) is 7.56. The fourth-order valence-electron chi connectivity index (χ4n) is 5.73. The third-order valence-electron chi connectivity index (χ3n) is 7.56. The van der Waals surface area contributed by atoms with E-state index >= 15 is 0 Å². The van der Waals surface area contributed by atoms with Crippen LogP contribution in [0.3, 0.4) is 0 Å². The van der Waals surface area contributed by atoms with Crippen LogP contribution in [0.4, 0.5) is 10.5 Å². The van der Waals surface area contributed by atoms with Crippen molar-refractivity contribution in [1.29, 1.82) is 0 Å². The van der Waals surface area contributed by atoms with Gasteiger partial charge in [0.15, 0.2) is 0 Å². The number of aliphatic hydroxyl groups is 1. The molecule has 40 heavy (non-hydrogen) atoms. The molecule has 2 aliphatic rings. The minimum Gasteiger partial charge on any atom is -0.444 e. The van der Waals surface area contributed by atoms with E-state index in [1.807, 2.05) is 75.4 Å². The van der Waals surface area contributed by atoms with Crippen molar-refractivity contribution in [3.05, 3.63) is 94.2 Å². The summed E-state index contributed by atoms with van der Waals surface area (Å²) in [4.78, 5) is 44.5. The lowest BCUT2D eigenvalue weighted by Crippen LogP contribution is -2.47. The fraction of sp³-hybridized carbons (Fsp3) is 0.419. The second-order valence-corrected chi connectivity index (χ2v) is 11.6. The van der Waals surface area contributed by atoms with Crippen molar-refractivity contribution in [3.63, 3.8) is 0 Å². The Morgan fingerprint density at radius 1 is 1.05 bits per heavy atom. The molecule has 2 aliphatic heterocycles. The second-order valence-electron chi connectivity index (χ2n) is 11.6. The summed E-state index contributed by atoms with van der Waals surface area (Å²) >= 11 is 0. The van der Waals surface area contributed by atoms with Gasteiger partial charge in [-0.1, -0.05) is 42.5 Å². The molecule has 0 aliphatic carbocycles. The number of nitrogens with one attached hydrogen (secondary N) is 1. The molecule has 4 atom stereocenters. The van der Waals surface area contributed by atoms with E-state index in [-0.39, 0.29) is 17.5 Å². The zero-order valence-corrected chi connectivity index (χ0v) is 23.1. The van der Waals surface area contributed by atoms with Crippen LogP contribution in [0.2, 0.25) is 0 Å². The average molecular weight is 545 g/mol. The highest BCUT2D eigenvalue weighted by Crippen LogP contribution is 2.36. The van der Waals surface area contributed by atoms with Crippen LogP contribution < -0.4 is 10.9 Å². The van der Waals surface area contributed by atoms with E-state index in [1.165, 1.54) is 16.8 Å². The van der Waals surface area contributed by atoms with Gasteiger partial charge >= 0.3 is 6.09 Å². The first-order chi connectivity index (χ1) is 19.1. The van der Waals surface area contributed by atoms with Gasteiger partial charge in [0.1, 0.15) is 17.5 Å². The maximum Gasteiger partial charge on any atom is 0.410 e. The van der Waals surface area contributed by atoms with Gasteiger partial charge in [-0.3, -0.25) is 19.1 Å². The number of anilines is 1. The number of likely N-dealkylation sites (tertiary alicyclic amines) is 1. The molecule has 9 heteroatoms. The number of aryl methyl sites for hydroxylation is 1. The predicted molar refractivity (Wildman–Crippen MR) is 151 cm³/mol. The van der Waals surface area contributed by atoms with Gasteiger partial charge in [0.05, 0.1) is 12.1 Å². The quantitative estimate of drug-likeness (QED) is 0.475. The number of carbonyl (C=O) groups excluding carboxylic acids is 2. The zero-order chi connectivity index (χ0) is 28.4. The van der Waals surface area contributed by atoms with Crippen molar-refractivity contribution in [2.45, 2.75) is 82.7 Å². The monoisotopic (exact) mass is 544 g/mol. The van der Waals surface area contributed by atoms with Crippen LogP contribution in [0, 0.1) is 0 Å². The molecule has 0 spiro atoms. The van der Waals surface area contributed by atoms with E-state index in [2.05, 4.69) is 10.3 Å². The van der Waals surface area contributed by atoms with Crippen LogP contribution in [0.25, 0.3) is 0 Å². The van der Waals surface area contributed by atoms with E-state index < -0.39 is 29.9 Å². The van der Waals surface area contributed by atoms with Crippen molar-refractivity contribution >= 4 is 17.7 Å². The molecule has 1 fully saturated rings. The summed E-state index contributed by atoms with van der Waals surface area (Å²) in [5.74, 6) is 0.385. The average Bonchev–Trinajstić information content (AvgIpc) is 3.54. The Hall–Kier alpha value is -3.98. The van der Waals surface area contributed by atoms with E-state index in [0.29, 0.717) is 37.2 Å². The maximum atomic E-state index is 13.3. The number of aromatic nitrogens is 2. The Bertz CT molecular complexity index is 1410. The Balaban J connectivity index is 1.28. The van der Waals surface area contributed by atoms with Crippen molar-refractivity contribution in [2.24, 2.45) is 0 Å². The smallest absolute Gasteiger partial charge is 0.410 e. The van der Waals surface area contributed by atoms with Crippen LogP contribution in [0.1, 0.15) is 69.1 Å². The number of aliphatic hydroxyl groups excluding tert-OH is 1. The maximum absolute atomic E-state index is 13.3. The van der Waals surface area contributed by atoms with Crippen LogP contribution in [0.15, 0.2) is 71.7 Å². The van der Waals surface area contributed by atoms with Crippen molar-refractivity contribution in [1.82, 2.24) is 14.5 Å². The Kier molecular flexibility index (Phi) is 7.76. The highest BCUT2D eigenvalue weighted by Gasteiger charge is 2.43. The van der Waals surface area contributed by atoms with Crippen LogP contribution in [-0.4, -0.2) is 49.2 Å². The number of hydrogen-bond donors (Lipinski definition) is 2. The van der Waals surface area contributed by atoms with Gasteiger partial charge in [0.25, 0.3) is 5.56 Å². The standard InChI is InChI=1S/C31H36N4O5/c1-31(2,3)40-30(39)34-23(13-14-24(34)28(37)21-7-5-4-6-8-21)19-20-9-11-22(12-10-20)33-29(38)25-15-16-26-32-18-17-27(36)35(25)26/h4-12,17-18,23-25,28,37H,13-16,19H2,1-3H3,(H,33,38)/t23-,24+,25?,28+/m0/s1. The molecule has 3 heterocycles. The molecule has 0 bridgehead atoms. The number of benzene rings is 2. The second kappa shape index (κ2) is 11.3. The number of hydrogen-bond acceptors (Lipinski definition) is 6. The Morgan fingerprint density at radius 3 is 2.48 bits per heavy atom. The molecule has 210 valence electrons. The molecule has 2 aromatic carbocycles. The normalized spacial score (nSPS) is 21.1. The molecule has 0 radical (unpaired) electrons. The molecule has 1 saturated heterocycles. The summed E-state index contributed by atoms with van der Waals surface area (Å²) in [6.07, 6.45) is 3.33. The molecular formula is C31H36N4O5. The number of carbonyl (C=O) groups is 2. The molecular weight excluding hydrogens is 508 g/mol. The minimum atomic E-state index is -0.820. The SMILES string of the molecule is CC(C)(C)OC(=O)N1[C@H](Cc2ccc(NC(=O)C3CCc4nccc(=O)n43)cc2)CC[C@@H]1[C@H](O)c1ccccc1. The molecule has 1 unspecified atom stereocenters. The lowest BCUT2D eigenvalue weighted by atomic mass is 10.0. The first-order valence-electron chi connectivity index (χ1n) is 13.8. The lowest BCUT2D eigenvalue weighted by Gasteiger charge is -2.35. The molecule has 5 rings (SSSR count). The van der Waals surface area contributed by atoms with Gasteiger partial charge < -0.3 is 15.2 Å². The molecule has 2 N–H and O–H groups in total.